The smallest absolute Gasteiger partial charge is 0.257 e. The summed E-state index contributed by atoms with van der Waals surface area (Å²) in [5.74, 6) is 0.353. The van der Waals surface area contributed by atoms with Gasteiger partial charge in [-0.05, 0) is 12.5 Å². The first kappa shape index (κ1) is 15.3. The molecule has 0 spiro atoms. The van der Waals surface area contributed by atoms with E-state index in [1.807, 2.05) is 44.2 Å². The van der Waals surface area contributed by atoms with E-state index in [0.717, 1.165) is 5.56 Å². The van der Waals surface area contributed by atoms with E-state index in [1.165, 1.54) is 0 Å². The van der Waals surface area contributed by atoms with Crippen molar-refractivity contribution in [2.24, 2.45) is 0 Å². The second-order valence-electron chi connectivity index (χ2n) is 5.28. The van der Waals surface area contributed by atoms with Gasteiger partial charge in [-0.2, -0.15) is 0 Å². The van der Waals surface area contributed by atoms with E-state index in [9.17, 15) is 9.90 Å². The zero-order chi connectivity index (χ0) is 15.4. The number of aliphatic hydroxyl groups is 1. The average Bonchev–Trinajstić information content (AvgIpc) is 2.87. The molecule has 112 valence electrons. The van der Waals surface area contributed by atoms with Crippen LogP contribution in [0.25, 0.3) is 0 Å². The molecular formula is C16H20N2O3. The number of aryl methyl sites for hydroxylation is 1. The molecule has 0 fully saturated rings. The van der Waals surface area contributed by atoms with Crippen molar-refractivity contribution in [1.82, 2.24) is 10.5 Å². The molecule has 0 saturated heterocycles. The maximum absolute atomic E-state index is 12.5. The third kappa shape index (κ3) is 3.31. The molecule has 0 bridgehead atoms. The summed E-state index contributed by atoms with van der Waals surface area (Å²) in [7, 11) is 0. The number of amides is 1. The van der Waals surface area contributed by atoms with Crippen LogP contribution in [0.15, 0.2) is 34.9 Å². The highest BCUT2D eigenvalue weighted by molar-refractivity contribution is 5.96. The van der Waals surface area contributed by atoms with Gasteiger partial charge in [0.15, 0.2) is 5.76 Å². The fourth-order valence-electron chi connectivity index (χ4n) is 2.21. The molecule has 0 saturated carbocycles. The van der Waals surface area contributed by atoms with Crippen molar-refractivity contribution >= 4 is 5.91 Å². The van der Waals surface area contributed by atoms with Crippen LogP contribution >= 0.6 is 0 Å². The van der Waals surface area contributed by atoms with Crippen molar-refractivity contribution < 1.29 is 14.4 Å². The second kappa shape index (κ2) is 6.54. The molecule has 1 atom stereocenters. The molecule has 0 aliphatic carbocycles. The number of rotatable bonds is 5. The monoisotopic (exact) mass is 288 g/mol. The predicted octanol–water partition coefficient (Wildman–Crippen LogP) is 2.57. The van der Waals surface area contributed by atoms with Gasteiger partial charge in [0.05, 0.1) is 18.3 Å². The van der Waals surface area contributed by atoms with Gasteiger partial charge in [0.1, 0.15) is 5.56 Å². The van der Waals surface area contributed by atoms with Crippen molar-refractivity contribution in [2.75, 3.05) is 6.61 Å². The highest BCUT2D eigenvalue weighted by Gasteiger charge is 2.24. The van der Waals surface area contributed by atoms with Crippen LogP contribution in [0.3, 0.4) is 0 Å². The van der Waals surface area contributed by atoms with E-state index < -0.39 is 6.04 Å². The van der Waals surface area contributed by atoms with Crippen LogP contribution in [-0.2, 0) is 0 Å². The number of nitrogens with zero attached hydrogens (tertiary/aromatic N) is 1. The molecule has 2 N–H and O–H groups in total. The predicted molar refractivity (Wildman–Crippen MR) is 79.1 cm³/mol. The minimum atomic E-state index is -0.451. The minimum absolute atomic E-state index is 0.0660. The normalized spacial score (nSPS) is 12.4. The number of nitrogens with one attached hydrogen (secondary N) is 1. The first-order valence-corrected chi connectivity index (χ1v) is 6.97. The lowest BCUT2D eigenvalue weighted by Gasteiger charge is -2.17. The van der Waals surface area contributed by atoms with Crippen LogP contribution in [0.4, 0.5) is 0 Å². The first-order valence-electron chi connectivity index (χ1n) is 6.97. The molecule has 0 aliphatic heterocycles. The third-order valence-electron chi connectivity index (χ3n) is 3.33. The maximum Gasteiger partial charge on any atom is 0.257 e. The number of aromatic nitrogens is 1. The molecule has 1 aromatic heterocycles. The average molecular weight is 288 g/mol. The highest BCUT2D eigenvalue weighted by atomic mass is 16.5. The van der Waals surface area contributed by atoms with E-state index in [1.54, 1.807) is 6.92 Å². The van der Waals surface area contributed by atoms with Gasteiger partial charge in [-0.3, -0.25) is 4.79 Å². The molecule has 5 nitrogen and oxygen atoms in total. The molecule has 0 radical (unpaired) electrons. The fraction of sp³-hybridized carbons (Fsp3) is 0.375. The maximum atomic E-state index is 12.5. The molecular weight excluding hydrogens is 268 g/mol. The van der Waals surface area contributed by atoms with Crippen LogP contribution in [0.2, 0.25) is 0 Å². The van der Waals surface area contributed by atoms with Crippen LogP contribution in [0.5, 0.6) is 0 Å². The Bertz CT molecular complexity index is 605. The summed E-state index contributed by atoms with van der Waals surface area (Å²) in [6.07, 6.45) is 0. The van der Waals surface area contributed by atoms with E-state index in [4.69, 9.17) is 4.52 Å². The second-order valence-corrected chi connectivity index (χ2v) is 5.28. The number of benzene rings is 1. The van der Waals surface area contributed by atoms with Gasteiger partial charge in [0.2, 0.25) is 0 Å². The Morgan fingerprint density at radius 2 is 2.00 bits per heavy atom. The highest BCUT2D eigenvalue weighted by Crippen LogP contribution is 2.23. The first-order chi connectivity index (χ1) is 10.0. The van der Waals surface area contributed by atoms with Crippen LogP contribution in [0, 0.1) is 6.92 Å². The lowest BCUT2D eigenvalue weighted by molar-refractivity contribution is 0.0913. The Kier molecular flexibility index (Phi) is 4.75. The Morgan fingerprint density at radius 1 is 1.33 bits per heavy atom. The summed E-state index contributed by atoms with van der Waals surface area (Å²) in [6.45, 7) is 5.45. The molecule has 1 aromatic carbocycles. The van der Waals surface area contributed by atoms with Crippen molar-refractivity contribution in [3.63, 3.8) is 0 Å². The zero-order valence-electron chi connectivity index (χ0n) is 12.5. The van der Waals surface area contributed by atoms with Crippen LogP contribution in [-0.4, -0.2) is 22.8 Å². The van der Waals surface area contributed by atoms with Crippen LogP contribution < -0.4 is 5.32 Å². The summed E-state index contributed by atoms with van der Waals surface area (Å²) in [6, 6.07) is 8.91. The van der Waals surface area contributed by atoms with Gasteiger partial charge in [-0.15, -0.1) is 0 Å². The van der Waals surface area contributed by atoms with Crippen molar-refractivity contribution in [3.05, 3.63) is 52.9 Å². The Hall–Kier alpha value is -2.14. The summed E-state index contributed by atoms with van der Waals surface area (Å²) in [5, 5.41) is 16.2. The summed E-state index contributed by atoms with van der Waals surface area (Å²) < 4.78 is 5.23. The van der Waals surface area contributed by atoms with E-state index in [2.05, 4.69) is 10.5 Å². The molecule has 0 unspecified atom stereocenters. The molecule has 1 heterocycles. The van der Waals surface area contributed by atoms with Crippen LogP contribution in [0.1, 0.15) is 53.2 Å². The van der Waals surface area contributed by atoms with E-state index >= 15 is 0 Å². The van der Waals surface area contributed by atoms with Crippen molar-refractivity contribution in [2.45, 2.75) is 32.7 Å². The van der Waals surface area contributed by atoms with Gasteiger partial charge in [0, 0.05) is 5.92 Å². The molecule has 2 aromatic rings. The Labute approximate surface area is 124 Å². The molecule has 5 heteroatoms. The van der Waals surface area contributed by atoms with Gasteiger partial charge in [-0.1, -0.05) is 49.3 Å². The van der Waals surface area contributed by atoms with Crippen molar-refractivity contribution in [1.29, 1.82) is 0 Å². The fourth-order valence-corrected chi connectivity index (χ4v) is 2.21. The molecule has 1 amide bonds. The molecule has 0 aliphatic rings. The van der Waals surface area contributed by atoms with E-state index in [0.29, 0.717) is 17.0 Å². The Balaban J connectivity index is 2.23. The zero-order valence-corrected chi connectivity index (χ0v) is 12.5. The SMILES string of the molecule is Cc1noc(C(C)C)c1C(=O)N[C@H](CO)c1ccccc1. The number of aliphatic hydroxyl groups excluding tert-OH is 1. The van der Waals surface area contributed by atoms with Gasteiger partial charge in [-0.25, -0.2) is 0 Å². The van der Waals surface area contributed by atoms with Gasteiger partial charge < -0.3 is 14.9 Å². The Morgan fingerprint density at radius 3 is 2.57 bits per heavy atom. The molecule has 2 rings (SSSR count). The third-order valence-corrected chi connectivity index (χ3v) is 3.33. The summed E-state index contributed by atoms with van der Waals surface area (Å²) >= 11 is 0. The lowest BCUT2D eigenvalue weighted by atomic mass is 10.0. The lowest BCUT2D eigenvalue weighted by Crippen LogP contribution is -2.31. The van der Waals surface area contributed by atoms with Gasteiger partial charge >= 0.3 is 0 Å². The number of hydrogen-bond acceptors (Lipinski definition) is 4. The standard InChI is InChI=1S/C16H20N2O3/c1-10(2)15-14(11(3)18-21-15)16(20)17-13(9-19)12-7-5-4-6-8-12/h4-8,10,13,19H,9H2,1-3H3,(H,17,20)/t13-/m1/s1. The van der Waals surface area contributed by atoms with Gasteiger partial charge in [0.25, 0.3) is 5.91 Å². The summed E-state index contributed by atoms with van der Waals surface area (Å²) in [4.78, 5) is 12.5. The summed E-state index contributed by atoms with van der Waals surface area (Å²) in [5.41, 5.74) is 1.87. The number of carbonyl (C=O) groups excluding carboxylic acids is 1. The topological polar surface area (TPSA) is 75.4 Å². The van der Waals surface area contributed by atoms with E-state index in [-0.39, 0.29) is 18.4 Å². The van der Waals surface area contributed by atoms with Crippen molar-refractivity contribution in [3.8, 4) is 0 Å². The number of carbonyl (C=O) groups is 1. The molecule has 21 heavy (non-hydrogen) atoms. The minimum Gasteiger partial charge on any atom is -0.394 e. The largest absolute Gasteiger partial charge is 0.394 e. The number of hydrogen-bond donors (Lipinski definition) is 2. The quantitative estimate of drug-likeness (QED) is 0.886.